The topological polar surface area (TPSA) is 12.4 Å². The molecule has 1 aliphatic heterocycles. The van der Waals surface area contributed by atoms with Gasteiger partial charge in [0, 0.05) is 0 Å². The summed E-state index contributed by atoms with van der Waals surface area (Å²) in [7, 11) is 0. The number of halogens is 2. The molecule has 0 unspecified atom stereocenters. The molecule has 0 N–H and O–H groups in total. The predicted molar refractivity (Wildman–Crippen MR) is 50.2 cm³/mol. The van der Waals surface area contributed by atoms with Crippen LogP contribution in [-0.4, -0.2) is 5.17 Å². The molecule has 60 valence electrons. The first-order valence-electron chi connectivity index (χ1n) is 3.47. The Kier molecular flexibility index (Phi) is 3.16. The average Bonchev–Trinajstić information content (AvgIpc) is 1.95. The van der Waals surface area contributed by atoms with Crippen LogP contribution in [-0.2, 0) is 0 Å². The maximum Gasteiger partial charge on any atom is 0.133 e. The second kappa shape index (κ2) is 3.93. The Labute approximate surface area is 76.4 Å². The summed E-state index contributed by atoms with van der Waals surface area (Å²) in [6.07, 6.45) is 5.84. The highest BCUT2D eigenvalue weighted by molar-refractivity contribution is 6.69. The smallest absolute Gasteiger partial charge is 0.133 e. The van der Waals surface area contributed by atoms with Gasteiger partial charge in [0.1, 0.15) is 10.3 Å². The van der Waals surface area contributed by atoms with Gasteiger partial charge in [-0.2, -0.15) is 0 Å². The van der Waals surface area contributed by atoms with Gasteiger partial charge in [0.15, 0.2) is 0 Å². The Morgan fingerprint density at radius 2 is 1.91 bits per heavy atom. The summed E-state index contributed by atoms with van der Waals surface area (Å²) in [6, 6.07) is 0. The van der Waals surface area contributed by atoms with Crippen LogP contribution in [0, 0.1) is 0 Å². The summed E-state index contributed by atoms with van der Waals surface area (Å²) in [5, 5.41) is 0.980. The maximum atomic E-state index is 5.80. The molecule has 0 radical (unpaired) electrons. The lowest BCUT2D eigenvalue weighted by atomic mass is 10.2. The van der Waals surface area contributed by atoms with Crippen molar-refractivity contribution in [3.63, 3.8) is 0 Å². The van der Waals surface area contributed by atoms with Crippen molar-refractivity contribution in [3.05, 3.63) is 22.9 Å². The van der Waals surface area contributed by atoms with E-state index < -0.39 is 0 Å². The van der Waals surface area contributed by atoms with Crippen LogP contribution in [0.2, 0.25) is 0 Å². The predicted octanol–water partition coefficient (Wildman–Crippen LogP) is 3.44. The number of hydrogen-bond acceptors (Lipinski definition) is 1. The third-order valence-corrected chi connectivity index (χ3v) is 2.08. The fourth-order valence-corrected chi connectivity index (χ4v) is 1.22. The van der Waals surface area contributed by atoms with Crippen molar-refractivity contribution in [1.82, 2.24) is 0 Å². The van der Waals surface area contributed by atoms with Crippen LogP contribution in [0.5, 0.6) is 0 Å². The zero-order valence-corrected chi connectivity index (χ0v) is 7.78. The van der Waals surface area contributed by atoms with E-state index in [1.165, 1.54) is 0 Å². The Hall–Kier alpha value is -0.270. The molecule has 0 bridgehead atoms. The molecule has 0 aliphatic carbocycles. The van der Waals surface area contributed by atoms with Gasteiger partial charge in [0.2, 0.25) is 0 Å². The summed E-state index contributed by atoms with van der Waals surface area (Å²) in [5.41, 5.74) is 0.998. The summed E-state index contributed by atoms with van der Waals surface area (Å²) in [4.78, 5) is 3.96. The molecule has 0 atom stereocenters. The first-order valence-corrected chi connectivity index (χ1v) is 4.22. The van der Waals surface area contributed by atoms with Gasteiger partial charge in [0.25, 0.3) is 0 Å². The number of allylic oxidation sites excluding steroid dienone is 3. The minimum Gasteiger partial charge on any atom is -0.225 e. The highest BCUT2D eigenvalue weighted by Gasteiger charge is 2.00. The van der Waals surface area contributed by atoms with Gasteiger partial charge in [0.05, 0.1) is 0 Å². The summed E-state index contributed by atoms with van der Waals surface area (Å²) < 4.78 is 0. The van der Waals surface area contributed by atoms with Crippen LogP contribution in [0.4, 0.5) is 0 Å². The Balaban J connectivity index is 2.91. The van der Waals surface area contributed by atoms with Crippen molar-refractivity contribution < 1.29 is 0 Å². The maximum absolute atomic E-state index is 5.80. The lowest BCUT2D eigenvalue weighted by Gasteiger charge is -2.01. The molecule has 0 amide bonds. The van der Waals surface area contributed by atoms with E-state index in [1.807, 2.05) is 13.0 Å². The quantitative estimate of drug-likeness (QED) is 0.518. The van der Waals surface area contributed by atoms with Crippen molar-refractivity contribution in [2.45, 2.75) is 19.8 Å². The Morgan fingerprint density at radius 3 is 2.64 bits per heavy atom. The Morgan fingerprint density at radius 1 is 1.27 bits per heavy atom. The van der Waals surface area contributed by atoms with Crippen LogP contribution in [0.25, 0.3) is 0 Å². The van der Waals surface area contributed by atoms with E-state index in [2.05, 4.69) is 11.1 Å². The number of hydrogen-bond donors (Lipinski definition) is 0. The number of rotatable bonds is 0. The van der Waals surface area contributed by atoms with Gasteiger partial charge in [-0.3, -0.25) is 0 Å². The summed E-state index contributed by atoms with van der Waals surface area (Å²) in [6.45, 7) is 1.93. The monoisotopic (exact) mass is 189 g/mol. The molecule has 0 spiro atoms. The van der Waals surface area contributed by atoms with Crippen LogP contribution in [0.1, 0.15) is 19.8 Å². The lowest BCUT2D eigenvalue weighted by molar-refractivity contribution is 1.03. The summed E-state index contributed by atoms with van der Waals surface area (Å²) in [5.74, 6) is 0. The zero-order valence-electron chi connectivity index (χ0n) is 6.27. The normalized spacial score (nSPS) is 19.4. The van der Waals surface area contributed by atoms with Crippen molar-refractivity contribution >= 4 is 28.4 Å². The van der Waals surface area contributed by atoms with E-state index >= 15 is 0 Å². The van der Waals surface area contributed by atoms with Gasteiger partial charge < -0.3 is 0 Å². The lowest BCUT2D eigenvalue weighted by Crippen LogP contribution is -1.91. The second-order valence-electron chi connectivity index (χ2n) is 2.39. The van der Waals surface area contributed by atoms with Gasteiger partial charge in [-0.15, -0.1) is 0 Å². The van der Waals surface area contributed by atoms with Crippen LogP contribution >= 0.6 is 23.2 Å². The molecule has 1 heterocycles. The third-order valence-electron chi connectivity index (χ3n) is 1.46. The fraction of sp³-hybridized carbons (Fsp3) is 0.375. The second-order valence-corrected chi connectivity index (χ2v) is 3.14. The number of nitrogens with zero attached hydrogens (tertiary/aromatic N) is 1. The third kappa shape index (κ3) is 2.68. The van der Waals surface area contributed by atoms with Crippen LogP contribution in [0.3, 0.4) is 0 Å². The van der Waals surface area contributed by atoms with Crippen molar-refractivity contribution in [2.24, 2.45) is 4.99 Å². The van der Waals surface area contributed by atoms with Gasteiger partial charge >= 0.3 is 0 Å². The Bertz CT molecular complexity index is 238. The molecule has 1 nitrogen and oxygen atoms in total. The standard InChI is InChI=1S/C8H9Cl2N/c1-6-4-2-3-5-7(9)11-8(6)10/h4-5H,2-3H2,1H3. The molecule has 0 aromatic rings. The van der Waals surface area contributed by atoms with E-state index in [9.17, 15) is 0 Å². The van der Waals surface area contributed by atoms with Crippen molar-refractivity contribution in [1.29, 1.82) is 0 Å². The molecule has 0 fully saturated rings. The minimum absolute atomic E-state index is 0.488. The molecule has 0 saturated heterocycles. The van der Waals surface area contributed by atoms with Crippen molar-refractivity contribution in [2.75, 3.05) is 0 Å². The zero-order chi connectivity index (χ0) is 8.27. The molecule has 1 rings (SSSR count). The first kappa shape index (κ1) is 8.82. The van der Waals surface area contributed by atoms with E-state index in [0.29, 0.717) is 10.3 Å². The molecule has 0 aromatic heterocycles. The molecule has 1 aliphatic rings. The van der Waals surface area contributed by atoms with E-state index in [-0.39, 0.29) is 0 Å². The largest absolute Gasteiger partial charge is 0.225 e. The van der Waals surface area contributed by atoms with Gasteiger partial charge in [-0.25, -0.2) is 4.99 Å². The van der Waals surface area contributed by atoms with Crippen LogP contribution in [0.15, 0.2) is 27.9 Å². The number of aliphatic imine (C=N–C) groups is 1. The first-order chi connectivity index (χ1) is 5.20. The molecular formula is C8H9Cl2N. The highest BCUT2D eigenvalue weighted by atomic mass is 35.5. The van der Waals surface area contributed by atoms with Crippen molar-refractivity contribution in [3.8, 4) is 0 Å². The van der Waals surface area contributed by atoms with E-state index in [0.717, 1.165) is 18.4 Å². The molecule has 0 saturated carbocycles. The average molecular weight is 190 g/mol. The van der Waals surface area contributed by atoms with Crippen LogP contribution < -0.4 is 0 Å². The SMILES string of the molecule is CC1=CCCC=C(Cl)N=C1Cl. The fourth-order valence-electron chi connectivity index (χ4n) is 0.814. The van der Waals surface area contributed by atoms with Gasteiger partial charge in [-0.05, 0) is 31.4 Å². The molecule has 3 heteroatoms. The molecule has 0 aromatic carbocycles. The minimum atomic E-state index is 0.488. The van der Waals surface area contributed by atoms with E-state index in [1.54, 1.807) is 0 Å². The van der Waals surface area contributed by atoms with Gasteiger partial charge in [-0.1, -0.05) is 29.3 Å². The highest BCUT2D eigenvalue weighted by Crippen LogP contribution is 2.15. The van der Waals surface area contributed by atoms with E-state index in [4.69, 9.17) is 23.2 Å². The molecular weight excluding hydrogens is 181 g/mol. The summed E-state index contributed by atoms with van der Waals surface area (Å²) >= 11 is 11.5. The molecule has 11 heavy (non-hydrogen) atoms.